The maximum atomic E-state index is 12.7. The number of benzene rings is 2. The molecule has 0 radical (unpaired) electrons. The largest absolute Gasteiger partial charge is 0.379 e. The van der Waals surface area contributed by atoms with E-state index < -0.39 is 0 Å². The molecule has 0 N–H and O–H groups in total. The van der Waals surface area contributed by atoms with E-state index in [0.717, 1.165) is 32.8 Å². The van der Waals surface area contributed by atoms with E-state index in [1.54, 1.807) is 0 Å². The molecular formula is C23H28N2O2. The Morgan fingerprint density at radius 1 is 1.00 bits per heavy atom. The van der Waals surface area contributed by atoms with E-state index in [9.17, 15) is 4.79 Å². The SMILES string of the molecule is Cc1ccccc1CN1CCOC[C@]2(CC(=O)N(Cc3ccccc3)C2)C1. The molecular weight excluding hydrogens is 336 g/mol. The molecule has 0 bridgehead atoms. The third kappa shape index (κ3) is 4.23. The number of carbonyl (C=O) groups excluding carboxylic acids is 1. The third-order valence-corrected chi connectivity index (χ3v) is 5.80. The molecule has 0 aliphatic carbocycles. The Morgan fingerprint density at radius 2 is 1.78 bits per heavy atom. The van der Waals surface area contributed by atoms with Crippen molar-refractivity contribution in [3.8, 4) is 0 Å². The van der Waals surface area contributed by atoms with Gasteiger partial charge >= 0.3 is 0 Å². The van der Waals surface area contributed by atoms with Crippen LogP contribution in [0.15, 0.2) is 54.6 Å². The Labute approximate surface area is 161 Å². The van der Waals surface area contributed by atoms with Gasteiger partial charge in [0.2, 0.25) is 5.91 Å². The van der Waals surface area contributed by atoms with Crippen LogP contribution in [-0.2, 0) is 22.6 Å². The average Bonchev–Trinajstić information content (AvgIpc) is 2.83. The molecule has 2 saturated heterocycles. The number of amides is 1. The molecule has 27 heavy (non-hydrogen) atoms. The number of carbonyl (C=O) groups is 1. The van der Waals surface area contributed by atoms with Gasteiger partial charge in [-0.15, -0.1) is 0 Å². The second-order valence-corrected chi connectivity index (χ2v) is 8.10. The Balaban J connectivity index is 1.47. The number of likely N-dealkylation sites (tertiary alicyclic amines) is 1. The Bertz CT molecular complexity index is 792. The smallest absolute Gasteiger partial charge is 0.223 e. The summed E-state index contributed by atoms with van der Waals surface area (Å²) in [5, 5.41) is 0. The highest BCUT2D eigenvalue weighted by Crippen LogP contribution is 2.35. The molecule has 0 aromatic heterocycles. The van der Waals surface area contributed by atoms with E-state index in [-0.39, 0.29) is 11.3 Å². The molecule has 0 unspecified atom stereocenters. The summed E-state index contributed by atoms with van der Waals surface area (Å²) in [5.74, 6) is 0.250. The van der Waals surface area contributed by atoms with Crippen molar-refractivity contribution < 1.29 is 9.53 Å². The van der Waals surface area contributed by atoms with Crippen molar-refractivity contribution in [3.05, 3.63) is 71.3 Å². The van der Waals surface area contributed by atoms with Crippen LogP contribution < -0.4 is 0 Å². The highest BCUT2D eigenvalue weighted by Gasteiger charge is 2.45. The van der Waals surface area contributed by atoms with Gasteiger partial charge in [-0.25, -0.2) is 0 Å². The van der Waals surface area contributed by atoms with E-state index in [2.05, 4.69) is 48.2 Å². The van der Waals surface area contributed by atoms with Crippen molar-refractivity contribution in [3.63, 3.8) is 0 Å². The number of ether oxygens (including phenoxy) is 1. The molecule has 1 atom stereocenters. The monoisotopic (exact) mass is 364 g/mol. The molecule has 1 amide bonds. The zero-order valence-electron chi connectivity index (χ0n) is 16.1. The van der Waals surface area contributed by atoms with Gasteiger partial charge in [0, 0.05) is 44.6 Å². The molecule has 142 valence electrons. The normalized spacial score (nSPS) is 23.7. The summed E-state index contributed by atoms with van der Waals surface area (Å²) < 4.78 is 5.96. The zero-order chi connectivity index (χ0) is 18.7. The van der Waals surface area contributed by atoms with Gasteiger partial charge in [-0.3, -0.25) is 9.69 Å². The molecule has 4 rings (SSSR count). The predicted molar refractivity (Wildman–Crippen MR) is 106 cm³/mol. The second kappa shape index (κ2) is 7.83. The molecule has 0 saturated carbocycles. The minimum atomic E-state index is -0.0922. The van der Waals surface area contributed by atoms with Gasteiger partial charge in [0.15, 0.2) is 0 Å². The zero-order valence-corrected chi connectivity index (χ0v) is 16.1. The molecule has 2 aromatic rings. The van der Waals surface area contributed by atoms with Gasteiger partial charge < -0.3 is 9.64 Å². The summed E-state index contributed by atoms with van der Waals surface area (Å²) in [6, 6.07) is 18.8. The molecule has 2 fully saturated rings. The van der Waals surface area contributed by atoms with E-state index >= 15 is 0 Å². The highest BCUT2D eigenvalue weighted by atomic mass is 16.5. The van der Waals surface area contributed by atoms with Crippen LogP contribution in [0.2, 0.25) is 0 Å². The van der Waals surface area contributed by atoms with Crippen molar-refractivity contribution in [2.24, 2.45) is 5.41 Å². The van der Waals surface area contributed by atoms with E-state index in [1.807, 2.05) is 23.1 Å². The molecule has 1 spiro atoms. The highest BCUT2D eigenvalue weighted by molar-refractivity contribution is 5.79. The van der Waals surface area contributed by atoms with Gasteiger partial charge in [-0.2, -0.15) is 0 Å². The Kier molecular flexibility index (Phi) is 5.28. The van der Waals surface area contributed by atoms with Crippen molar-refractivity contribution in [2.45, 2.75) is 26.4 Å². The first kappa shape index (κ1) is 18.2. The number of hydrogen-bond donors (Lipinski definition) is 0. The van der Waals surface area contributed by atoms with Crippen LogP contribution >= 0.6 is 0 Å². The maximum absolute atomic E-state index is 12.7. The van der Waals surface area contributed by atoms with Crippen molar-refractivity contribution in [2.75, 3.05) is 32.8 Å². The standard InChI is InChI=1S/C23H28N2O2/c1-19-7-5-6-10-21(19)15-24-11-12-27-18-23(16-24)13-22(26)25(17-23)14-20-8-3-2-4-9-20/h2-10H,11-18H2,1H3/t23-/m1/s1. The summed E-state index contributed by atoms with van der Waals surface area (Å²) in [6.45, 7) is 7.81. The second-order valence-electron chi connectivity index (χ2n) is 8.10. The number of nitrogens with zero attached hydrogens (tertiary/aromatic N) is 2. The van der Waals surface area contributed by atoms with Crippen LogP contribution in [0.5, 0.6) is 0 Å². The summed E-state index contributed by atoms with van der Waals surface area (Å²) in [5.41, 5.74) is 3.78. The lowest BCUT2D eigenvalue weighted by Gasteiger charge is -2.31. The minimum Gasteiger partial charge on any atom is -0.379 e. The molecule has 2 heterocycles. The van der Waals surface area contributed by atoms with Crippen molar-refractivity contribution in [1.29, 1.82) is 0 Å². The van der Waals surface area contributed by atoms with Gasteiger partial charge in [0.25, 0.3) is 0 Å². The third-order valence-electron chi connectivity index (χ3n) is 5.80. The van der Waals surface area contributed by atoms with Crippen LogP contribution in [0.3, 0.4) is 0 Å². The topological polar surface area (TPSA) is 32.8 Å². The van der Waals surface area contributed by atoms with E-state index in [4.69, 9.17) is 4.74 Å². The number of aryl methyl sites for hydroxylation is 1. The first-order valence-electron chi connectivity index (χ1n) is 9.80. The van der Waals surface area contributed by atoms with Crippen molar-refractivity contribution >= 4 is 5.91 Å². The fourth-order valence-corrected chi connectivity index (χ4v) is 4.38. The van der Waals surface area contributed by atoms with E-state index in [1.165, 1.54) is 16.7 Å². The Morgan fingerprint density at radius 3 is 2.59 bits per heavy atom. The molecule has 4 heteroatoms. The predicted octanol–water partition coefficient (Wildman–Crippen LogP) is 3.25. The van der Waals surface area contributed by atoms with Gasteiger partial charge in [0.05, 0.1) is 13.2 Å². The first-order valence-corrected chi connectivity index (χ1v) is 9.80. The molecule has 2 aliphatic rings. The van der Waals surface area contributed by atoms with Gasteiger partial charge in [0.1, 0.15) is 0 Å². The quantitative estimate of drug-likeness (QED) is 0.835. The van der Waals surface area contributed by atoms with Gasteiger partial charge in [-0.05, 0) is 23.6 Å². The molecule has 2 aliphatic heterocycles. The number of rotatable bonds is 4. The molecule has 2 aromatic carbocycles. The summed E-state index contributed by atoms with van der Waals surface area (Å²) in [7, 11) is 0. The van der Waals surface area contributed by atoms with Crippen LogP contribution in [0.1, 0.15) is 23.1 Å². The lowest BCUT2D eigenvalue weighted by molar-refractivity contribution is -0.128. The first-order chi connectivity index (χ1) is 13.1. The molecule has 4 nitrogen and oxygen atoms in total. The fourth-order valence-electron chi connectivity index (χ4n) is 4.38. The minimum absolute atomic E-state index is 0.0922. The summed E-state index contributed by atoms with van der Waals surface area (Å²) in [4.78, 5) is 17.2. The van der Waals surface area contributed by atoms with Gasteiger partial charge in [-0.1, -0.05) is 54.6 Å². The summed E-state index contributed by atoms with van der Waals surface area (Å²) >= 11 is 0. The van der Waals surface area contributed by atoms with Crippen LogP contribution in [0.25, 0.3) is 0 Å². The average molecular weight is 364 g/mol. The fraction of sp³-hybridized carbons (Fsp3) is 0.435. The maximum Gasteiger partial charge on any atom is 0.223 e. The Hall–Kier alpha value is -2.17. The van der Waals surface area contributed by atoms with Crippen LogP contribution in [-0.4, -0.2) is 48.6 Å². The lowest BCUT2D eigenvalue weighted by atomic mass is 9.87. The summed E-state index contributed by atoms with van der Waals surface area (Å²) in [6.07, 6.45) is 0.587. The number of hydrogen-bond acceptors (Lipinski definition) is 3. The van der Waals surface area contributed by atoms with E-state index in [0.29, 0.717) is 19.6 Å². The van der Waals surface area contributed by atoms with Crippen LogP contribution in [0, 0.1) is 12.3 Å². The van der Waals surface area contributed by atoms with Crippen LogP contribution in [0.4, 0.5) is 0 Å². The van der Waals surface area contributed by atoms with Crippen molar-refractivity contribution in [1.82, 2.24) is 9.80 Å². The lowest BCUT2D eigenvalue weighted by Crippen LogP contribution is -2.40.